The molecule has 0 fully saturated rings. The molecule has 0 saturated carbocycles. The highest BCUT2D eigenvalue weighted by atomic mass is 79.9. The summed E-state index contributed by atoms with van der Waals surface area (Å²) in [4.78, 5) is 2.28. The van der Waals surface area contributed by atoms with Crippen LogP contribution in [0.2, 0.25) is 0 Å². The molecule has 0 aliphatic carbocycles. The van der Waals surface area contributed by atoms with Gasteiger partial charge in [-0.3, -0.25) is 4.90 Å². The fourth-order valence-corrected chi connectivity index (χ4v) is 2.73. The van der Waals surface area contributed by atoms with Crippen molar-refractivity contribution in [1.29, 1.82) is 0 Å². The Labute approximate surface area is 125 Å². The molecule has 18 heavy (non-hydrogen) atoms. The van der Waals surface area contributed by atoms with Crippen molar-refractivity contribution >= 4 is 31.9 Å². The summed E-state index contributed by atoms with van der Waals surface area (Å²) < 4.78 is 12.5. The van der Waals surface area contributed by atoms with Gasteiger partial charge in [0.05, 0.1) is 17.1 Å². The predicted molar refractivity (Wildman–Crippen MR) is 79.6 cm³/mol. The number of likely N-dealkylation sites (N-methyl/N-ethyl adjacent to an activating group) is 1. The third-order valence-corrected chi connectivity index (χ3v) is 4.67. The van der Waals surface area contributed by atoms with Crippen LogP contribution in [-0.4, -0.2) is 37.7 Å². The van der Waals surface area contributed by atoms with Gasteiger partial charge in [-0.2, -0.15) is 0 Å². The summed E-state index contributed by atoms with van der Waals surface area (Å²) in [5.74, 6) is 0.862. The van der Waals surface area contributed by atoms with E-state index in [1.54, 1.807) is 7.11 Å². The minimum Gasteiger partial charge on any atom is -0.451 e. The molecule has 0 radical (unpaired) electrons. The molecular formula is C12H20Br2N2O2. The van der Waals surface area contributed by atoms with E-state index in [1.165, 1.54) is 0 Å². The van der Waals surface area contributed by atoms with Gasteiger partial charge in [-0.05, 0) is 51.4 Å². The lowest BCUT2D eigenvalue weighted by Crippen LogP contribution is -2.41. The van der Waals surface area contributed by atoms with E-state index in [-0.39, 0.29) is 12.1 Å². The summed E-state index contributed by atoms with van der Waals surface area (Å²) in [5.41, 5.74) is 5.90. The lowest BCUT2D eigenvalue weighted by Gasteiger charge is -2.33. The first kappa shape index (κ1) is 16.2. The van der Waals surface area contributed by atoms with Crippen LogP contribution < -0.4 is 5.73 Å². The van der Waals surface area contributed by atoms with E-state index < -0.39 is 0 Å². The Morgan fingerprint density at radius 1 is 1.50 bits per heavy atom. The Bertz CT molecular complexity index is 351. The normalized spacial score (nSPS) is 15.1. The highest BCUT2D eigenvalue weighted by Gasteiger charge is 2.26. The summed E-state index contributed by atoms with van der Waals surface area (Å²) in [5, 5.41) is 0. The maximum atomic E-state index is 5.90. The van der Waals surface area contributed by atoms with Crippen molar-refractivity contribution in [1.82, 2.24) is 4.90 Å². The lowest BCUT2D eigenvalue weighted by molar-refractivity contribution is 0.0676. The predicted octanol–water partition coefficient (Wildman–Crippen LogP) is 3.16. The molecule has 0 saturated heterocycles. The molecule has 1 aromatic heterocycles. The van der Waals surface area contributed by atoms with Gasteiger partial charge in [0, 0.05) is 19.7 Å². The molecule has 0 aromatic carbocycles. The molecular weight excluding hydrogens is 364 g/mol. The quantitative estimate of drug-likeness (QED) is 0.785. The van der Waals surface area contributed by atoms with Gasteiger partial charge in [-0.1, -0.05) is 6.92 Å². The average Bonchev–Trinajstić information content (AvgIpc) is 2.66. The monoisotopic (exact) mass is 382 g/mol. The van der Waals surface area contributed by atoms with Crippen molar-refractivity contribution in [3.63, 3.8) is 0 Å². The van der Waals surface area contributed by atoms with Crippen LogP contribution in [0.15, 0.2) is 19.6 Å². The first-order chi connectivity index (χ1) is 8.54. The number of methoxy groups -OCH3 is 1. The van der Waals surface area contributed by atoms with Crippen molar-refractivity contribution in [3.05, 3.63) is 21.0 Å². The van der Waals surface area contributed by atoms with Crippen LogP contribution in [0.25, 0.3) is 0 Å². The maximum absolute atomic E-state index is 5.90. The zero-order valence-electron chi connectivity index (χ0n) is 11.0. The molecule has 0 bridgehead atoms. The standard InChI is InChI=1S/C12H20Br2N2O2/c1-4-16(8(2)7-17-3)10(6-15)11-5-9(13)12(14)18-11/h5,8,10H,4,6-7,15H2,1-3H3. The molecule has 6 heteroatoms. The average molecular weight is 384 g/mol. The number of rotatable bonds is 7. The van der Waals surface area contributed by atoms with Crippen molar-refractivity contribution in [2.24, 2.45) is 5.73 Å². The topological polar surface area (TPSA) is 51.6 Å². The second-order valence-corrected chi connectivity index (χ2v) is 5.73. The van der Waals surface area contributed by atoms with Gasteiger partial charge in [0.25, 0.3) is 0 Å². The number of halogens is 2. The Kier molecular flexibility index (Phi) is 6.87. The molecule has 1 rings (SSSR count). The summed E-state index contributed by atoms with van der Waals surface area (Å²) in [6.45, 7) is 6.31. The summed E-state index contributed by atoms with van der Waals surface area (Å²) >= 11 is 6.78. The third kappa shape index (κ3) is 3.81. The fraction of sp³-hybridized carbons (Fsp3) is 0.667. The smallest absolute Gasteiger partial charge is 0.183 e. The SMILES string of the molecule is CCN(C(C)COC)C(CN)c1cc(Br)c(Br)o1. The van der Waals surface area contributed by atoms with E-state index in [9.17, 15) is 0 Å². The van der Waals surface area contributed by atoms with E-state index in [2.05, 4.69) is 50.6 Å². The minimum absolute atomic E-state index is 0.0581. The summed E-state index contributed by atoms with van der Waals surface area (Å²) in [6, 6.07) is 2.31. The van der Waals surface area contributed by atoms with Crippen LogP contribution in [0, 0.1) is 0 Å². The zero-order chi connectivity index (χ0) is 13.7. The Morgan fingerprint density at radius 2 is 2.17 bits per heavy atom. The summed E-state index contributed by atoms with van der Waals surface area (Å²) in [7, 11) is 1.71. The first-order valence-corrected chi connectivity index (χ1v) is 7.53. The molecule has 0 aliphatic rings. The van der Waals surface area contributed by atoms with Gasteiger partial charge in [-0.25, -0.2) is 0 Å². The molecule has 0 aliphatic heterocycles. The highest BCUT2D eigenvalue weighted by molar-refractivity contribution is 9.13. The van der Waals surface area contributed by atoms with Crippen LogP contribution >= 0.6 is 31.9 Å². The van der Waals surface area contributed by atoms with E-state index >= 15 is 0 Å². The second-order valence-electron chi connectivity index (χ2n) is 4.16. The molecule has 1 heterocycles. The van der Waals surface area contributed by atoms with Gasteiger partial charge in [-0.15, -0.1) is 0 Å². The number of hydrogen-bond donors (Lipinski definition) is 1. The largest absolute Gasteiger partial charge is 0.451 e. The Hall–Kier alpha value is 0.120. The first-order valence-electron chi connectivity index (χ1n) is 5.94. The molecule has 4 nitrogen and oxygen atoms in total. The van der Waals surface area contributed by atoms with E-state index in [4.69, 9.17) is 14.9 Å². The van der Waals surface area contributed by atoms with Crippen molar-refractivity contribution in [2.45, 2.75) is 25.9 Å². The molecule has 104 valence electrons. The third-order valence-electron chi connectivity index (χ3n) is 2.96. The lowest BCUT2D eigenvalue weighted by atomic mass is 10.1. The van der Waals surface area contributed by atoms with Crippen molar-refractivity contribution in [3.8, 4) is 0 Å². The Balaban J connectivity index is 2.92. The van der Waals surface area contributed by atoms with E-state index in [0.29, 0.717) is 17.8 Å². The maximum Gasteiger partial charge on any atom is 0.183 e. The van der Waals surface area contributed by atoms with Crippen molar-refractivity contribution in [2.75, 3.05) is 26.8 Å². The van der Waals surface area contributed by atoms with Gasteiger partial charge in [0.15, 0.2) is 4.67 Å². The highest BCUT2D eigenvalue weighted by Crippen LogP contribution is 2.32. The van der Waals surface area contributed by atoms with E-state index in [1.807, 2.05) is 6.07 Å². The fourth-order valence-electron chi connectivity index (χ4n) is 2.12. The number of ether oxygens (including phenoxy) is 1. The van der Waals surface area contributed by atoms with Crippen LogP contribution in [0.5, 0.6) is 0 Å². The molecule has 2 unspecified atom stereocenters. The Morgan fingerprint density at radius 3 is 2.56 bits per heavy atom. The van der Waals surface area contributed by atoms with Crippen LogP contribution in [0.1, 0.15) is 25.6 Å². The van der Waals surface area contributed by atoms with Gasteiger partial charge < -0.3 is 14.9 Å². The van der Waals surface area contributed by atoms with E-state index in [0.717, 1.165) is 16.8 Å². The number of hydrogen-bond acceptors (Lipinski definition) is 4. The van der Waals surface area contributed by atoms with Gasteiger partial charge >= 0.3 is 0 Å². The number of nitrogens with zero attached hydrogens (tertiary/aromatic N) is 1. The zero-order valence-corrected chi connectivity index (χ0v) is 14.1. The minimum atomic E-state index is 0.0581. The molecule has 1 aromatic rings. The van der Waals surface area contributed by atoms with Crippen molar-refractivity contribution < 1.29 is 9.15 Å². The molecule has 2 atom stereocenters. The van der Waals surface area contributed by atoms with Gasteiger partial charge in [0.1, 0.15) is 5.76 Å². The number of nitrogens with two attached hydrogens (primary N) is 1. The van der Waals surface area contributed by atoms with Crippen LogP contribution in [-0.2, 0) is 4.74 Å². The molecule has 0 spiro atoms. The molecule has 2 N–H and O–H groups in total. The van der Waals surface area contributed by atoms with Gasteiger partial charge in [0.2, 0.25) is 0 Å². The van der Waals surface area contributed by atoms with Crippen LogP contribution in [0.4, 0.5) is 0 Å². The summed E-state index contributed by atoms with van der Waals surface area (Å²) in [6.07, 6.45) is 0. The van der Waals surface area contributed by atoms with Crippen LogP contribution in [0.3, 0.4) is 0 Å². The molecule has 0 amide bonds. The number of furan rings is 1. The second kappa shape index (κ2) is 7.65.